The summed E-state index contributed by atoms with van der Waals surface area (Å²) in [5.74, 6) is 1.36. The van der Waals surface area contributed by atoms with Crippen molar-refractivity contribution in [3.8, 4) is 0 Å². The van der Waals surface area contributed by atoms with Crippen molar-refractivity contribution in [2.45, 2.75) is 32.1 Å². The van der Waals surface area contributed by atoms with Gasteiger partial charge in [-0.15, -0.1) is 11.6 Å². The zero-order chi connectivity index (χ0) is 11.2. The first kappa shape index (κ1) is 11.7. The predicted octanol–water partition coefficient (Wildman–Crippen LogP) is 4.89. The van der Waals surface area contributed by atoms with E-state index in [-0.39, 0.29) is 0 Å². The second-order valence-electron chi connectivity index (χ2n) is 4.51. The van der Waals surface area contributed by atoms with Crippen LogP contribution >= 0.6 is 11.6 Å². The van der Waals surface area contributed by atoms with Crippen molar-refractivity contribution >= 4 is 17.2 Å². The number of benzene rings is 1. The molecule has 0 amide bonds. The summed E-state index contributed by atoms with van der Waals surface area (Å²) in [5.41, 5.74) is 2.82. The molecular formula is C15H19Cl. The molecular weight excluding hydrogens is 216 g/mol. The minimum atomic E-state index is 0.626. The van der Waals surface area contributed by atoms with Gasteiger partial charge in [0, 0.05) is 5.88 Å². The Hall–Kier alpha value is -0.750. The van der Waals surface area contributed by atoms with Crippen molar-refractivity contribution in [2.75, 3.05) is 5.88 Å². The van der Waals surface area contributed by atoms with Gasteiger partial charge in [-0.05, 0) is 29.9 Å². The van der Waals surface area contributed by atoms with Crippen LogP contribution < -0.4 is 0 Å². The first-order valence-electron chi connectivity index (χ1n) is 6.23. The van der Waals surface area contributed by atoms with Crippen molar-refractivity contribution < 1.29 is 0 Å². The van der Waals surface area contributed by atoms with E-state index >= 15 is 0 Å². The minimum absolute atomic E-state index is 0.626. The van der Waals surface area contributed by atoms with Gasteiger partial charge in [-0.25, -0.2) is 0 Å². The average Bonchev–Trinajstić information content (AvgIpc) is 2.38. The molecule has 1 heteroatoms. The van der Waals surface area contributed by atoms with Gasteiger partial charge in [-0.2, -0.15) is 0 Å². The summed E-state index contributed by atoms with van der Waals surface area (Å²) in [7, 11) is 0. The standard InChI is InChI=1S/C15H19Cl/c16-12-11-15(13-7-3-1-4-8-13)14-9-5-2-6-10-14/h1,3-4,7-8,11,14H,2,5-6,9-10,12H2. The number of allylic oxidation sites excluding steroid dienone is 2. The van der Waals surface area contributed by atoms with Gasteiger partial charge in [0.2, 0.25) is 0 Å². The third-order valence-electron chi connectivity index (χ3n) is 3.45. The quantitative estimate of drug-likeness (QED) is 0.654. The molecule has 1 aromatic carbocycles. The fraction of sp³-hybridized carbons (Fsp3) is 0.467. The fourth-order valence-corrected chi connectivity index (χ4v) is 2.81. The predicted molar refractivity (Wildman–Crippen MR) is 71.7 cm³/mol. The molecule has 86 valence electrons. The van der Waals surface area contributed by atoms with Gasteiger partial charge < -0.3 is 0 Å². The first-order valence-corrected chi connectivity index (χ1v) is 6.76. The van der Waals surface area contributed by atoms with Gasteiger partial charge >= 0.3 is 0 Å². The zero-order valence-electron chi connectivity index (χ0n) is 9.66. The number of hydrogen-bond donors (Lipinski definition) is 0. The van der Waals surface area contributed by atoms with Crippen LogP contribution in [-0.2, 0) is 0 Å². The van der Waals surface area contributed by atoms with Crippen molar-refractivity contribution in [3.05, 3.63) is 42.0 Å². The molecule has 1 aromatic rings. The number of rotatable bonds is 3. The molecule has 16 heavy (non-hydrogen) atoms. The third kappa shape index (κ3) is 2.89. The van der Waals surface area contributed by atoms with Crippen LogP contribution in [0.1, 0.15) is 37.7 Å². The number of alkyl halides is 1. The van der Waals surface area contributed by atoms with Gasteiger partial charge in [0.25, 0.3) is 0 Å². The lowest BCUT2D eigenvalue weighted by molar-refractivity contribution is 0.429. The summed E-state index contributed by atoms with van der Waals surface area (Å²) in [5, 5.41) is 0. The van der Waals surface area contributed by atoms with Gasteiger partial charge in [-0.3, -0.25) is 0 Å². The highest BCUT2D eigenvalue weighted by Gasteiger charge is 2.18. The summed E-state index contributed by atoms with van der Waals surface area (Å²) in [6, 6.07) is 10.7. The molecule has 0 heterocycles. The van der Waals surface area contributed by atoms with Crippen molar-refractivity contribution in [2.24, 2.45) is 5.92 Å². The maximum atomic E-state index is 5.89. The third-order valence-corrected chi connectivity index (χ3v) is 3.60. The lowest BCUT2D eigenvalue weighted by atomic mass is 9.81. The largest absolute Gasteiger partial charge is 0.122 e. The lowest BCUT2D eigenvalue weighted by Crippen LogP contribution is -2.08. The van der Waals surface area contributed by atoms with Gasteiger partial charge in [-0.1, -0.05) is 55.7 Å². The van der Waals surface area contributed by atoms with Crippen LogP contribution in [0.15, 0.2) is 36.4 Å². The normalized spacial score (nSPS) is 18.7. The second kappa shape index (κ2) is 6.10. The Labute approximate surface area is 103 Å². The Morgan fingerprint density at radius 1 is 1.12 bits per heavy atom. The Morgan fingerprint density at radius 2 is 1.81 bits per heavy atom. The molecule has 0 spiro atoms. The first-order chi connectivity index (χ1) is 7.92. The highest BCUT2D eigenvalue weighted by Crippen LogP contribution is 2.35. The molecule has 1 saturated carbocycles. The summed E-state index contributed by atoms with van der Waals surface area (Å²) in [4.78, 5) is 0. The average molecular weight is 235 g/mol. The molecule has 2 rings (SSSR count). The van der Waals surface area contributed by atoms with Crippen LogP contribution in [0, 0.1) is 5.92 Å². The Bertz CT molecular complexity index is 334. The van der Waals surface area contributed by atoms with Crippen molar-refractivity contribution in [1.29, 1.82) is 0 Å². The van der Waals surface area contributed by atoms with Crippen LogP contribution in [0.4, 0.5) is 0 Å². The maximum absolute atomic E-state index is 5.89. The molecule has 0 saturated heterocycles. The van der Waals surface area contributed by atoms with Crippen molar-refractivity contribution in [1.82, 2.24) is 0 Å². The topological polar surface area (TPSA) is 0 Å². The van der Waals surface area contributed by atoms with E-state index in [0.29, 0.717) is 5.88 Å². The molecule has 0 atom stereocenters. The van der Waals surface area contributed by atoms with Crippen LogP contribution in [0.5, 0.6) is 0 Å². The van der Waals surface area contributed by atoms with Gasteiger partial charge in [0.05, 0.1) is 0 Å². The molecule has 0 N–H and O–H groups in total. The minimum Gasteiger partial charge on any atom is -0.122 e. The Morgan fingerprint density at radius 3 is 2.44 bits per heavy atom. The zero-order valence-corrected chi connectivity index (χ0v) is 10.4. The Balaban J connectivity index is 2.20. The van der Waals surface area contributed by atoms with Gasteiger partial charge in [0.1, 0.15) is 0 Å². The smallest absolute Gasteiger partial charge is 0.0410 e. The van der Waals surface area contributed by atoms with Crippen LogP contribution in [0.25, 0.3) is 5.57 Å². The van der Waals surface area contributed by atoms with E-state index in [1.807, 2.05) is 0 Å². The molecule has 1 fully saturated rings. The molecule has 0 nitrogen and oxygen atoms in total. The van der Waals surface area contributed by atoms with E-state index in [2.05, 4.69) is 36.4 Å². The SMILES string of the molecule is ClCC=C(c1ccccc1)C1CCCCC1. The van der Waals surface area contributed by atoms with Crippen LogP contribution in [-0.4, -0.2) is 5.88 Å². The molecule has 0 radical (unpaired) electrons. The summed E-state index contributed by atoms with van der Waals surface area (Å²) < 4.78 is 0. The highest BCUT2D eigenvalue weighted by atomic mass is 35.5. The monoisotopic (exact) mass is 234 g/mol. The second-order valence-corrected chi connectivity index (χ2v) is 4.82. The van der Waals surface area contributed by atoms with E-state index < -0.39 is 0 Å². The summed E-state index contributed by atoms with van der Waals surface area (Å²) in [6.45, 7) is 0. The van der Waals surface area contributed by atoms with E-state index in [1.54, 1.807) is 0 Å². The maximum Gasteiger partial charge on any atom is 0.0410 e. The van der Waals surface area contributed by atoms with Crippen LogP contribution in [0.3, 0.4) is 0 Å². The molecule has 0 unspecified atom stereocenters. The Kier molecular flexibility index (Phi) is 4.47. The highest BCUT2D eigenvalue weighted by molar-refractivity contribution is 6.19. The molecule has 1 aliphatic carbocycles. The number of hydrogen-bond acceptors (Lipinski definition) is 0. The van der Waals surface area contributed by atoms with E-state index in [1.165, 1.54) is 43.2 Å². The number of halogens is 1. The summed E-state index contributed by atoms with van der Waals surface area (Å²) in [6.07, 6.45) is 9.01. The van der Waals surface area contributed by atoms with E-state index in [4.69, 9.17) is 11.6 Å². The van der Waals surface area contributed by atoms with E-state index in [0.717, 1.165) is 5.92 Å². The molecule has 0 aromatic heterocycles. The summed E-state index contributed by atoms with van der Waals surface area (Å²) >= 11 is 5.89. The molecule has 0 bridgehead atoms. The van der Waals surface area contributed by atoms with Crippen molar-refractivity contribution in [3.63, 3.8) is 0 Å². The van der Waals surface area contributed by atoms with Crippen LogP contribution in [0.2, 0.25) is 0 Å². The fourth-order valence-electron chi connectivity index (χ4n) is 2.65. The van der Waals surface area contributed by atoms with E-state index in [9.17, 15) is 0 Å². The molecule has 1 aliphatic rings. The van der Waals surface area contributed by atoms with Gasteiger partial charge in [0.15, 0.2) is 0 Å². The lowest BCUT2D eigenvalue weighted by Gasteiger charge is -2.24. The molecule has 0 aliphatic heterocycles.